The van der Waals surface area contributed by atoms with Gasteiger partial charge >= 0.3 is 0 Å². The van der Waals surface area contributed by atoms with Gasteiger partial charge in [0.25, 0.3) is 0 Å². The zero-order valence-corrected chi connectivity index (χ0v) is 13.2. The summed E-state index contributed by atoms with van der Waals surface area (Å²) in [4.78, 5) is 14.5. The van der Waals surface area contributed by atoms with Gasteiger partial charge in [0.15, 0.2) is 0 Å². The maximum Gasteiger partial charge on any atom is 0.222 e. The van der Waals surface area contributed by atoms with Crippen molar-refractivity contribution in [1.82, 2.24) is 4.90 Å². The summed E-state index contributed by atoms with van der Waals surface area (Å²) < 4.78 is 5.26. The lowest BCUT2D eigenvalue weighted by molar-refractivity contribution is -0.132. The summed E-state index contributed by atoms with van der Waals surface area (Å²) in [6.45, 7) is 0.846. The molecular formula is C18H27NO3. The lowest BCUT2D eigenvalue weighted by atomic mass is 10.0. The summed E-state index contributed by atoms with van der Waals surface area (Å²) in [5, 5.41) is 10.2. The molecular weight excluding hydrogens is 278 g/mol. The second kappa shape index (κ2) is 7.32. The normalized spacial score (nSPS) is 24.0. The Morgan fingerprint density at radius 2 is 2.14 bits per heavy atom. The molecule has 122 valence electrons. The van der Waals surface area contributed by atoms with Gasteiger partial charge in [-0.05, 0) is 37.3 Å². The summed E-state index contributed by atoms with van der Waals surface area (Å²) in [6.07, 6.45) is 10.6. The Hall–Kier alpha value is -1.29. The van der Waals surface area contributed by atoms with Crippen LogP contribution in [0.1, 0.15) is 69.7 Å². The molecule has 0 radical (unpaired) electrons. The summed E-state index contributed by atoms with van der Waals surface area (Å²) in [5.41, 5.74) is 0. The highest BCUT2D eigenvalue weighted by Crippen LogP contribution is 2.31. The number of rotatable bonds is 6. The highest BCUT2D eigenvalue weighted by molar-refractivity contribution is 5.76. The van der Waals surface area contributed by atoms with E-state index in [1.165, 1.54) is 25.7 Å². The Morgan fingerprint density at radius 3 is 2.86 bits per heavy atom. The standard InChI is InChI=1S/C18H27NO3/c20-16(17-8-4-12-22-17)13-15-7-3-11-19(15)18(21)10-9-14-5-1-2-6-14/h4,8,12,14-16,20H,1-3,5-7,9-11,13H2. The molecule has 2 heterocycles. The molecule has 2 atom stereocenters. The number of amides is 1. The number of aliphatic hydroxyl groups is 1. The molecule has 4 nitrogen and oxygen atoms in total. The molecule has 2 fully saturated rings. The number of likely N-dealkylation sites (tertiary alicyclic amines) is 1. The highest BCUT2D eigenvalue weighted by Gasteiger charge is 2.31. The van der Waals surface area contributed by atoms with Crippen molar-refractivity contribution in [3.8, 4) is 0 Å². The van der Waals surface area contributed by atoms with Crippen LogP contribution in [0.2, 0.25) is 0 Å². The summed E-state index contributed by atoms with van der Waals surface area (Å²) in [6, 6.07) is 3.75. The van der Waals surface area contributed by atoms with Gasteiger partial charge in [0.1, 0.15) is 11.9 Å². The Bertz CT molecular complexity index is 465. The van der Waals surface area contributed by atoms with Crippen molar-refractivity contribution >= 4 is 5.91 Å². The van der Waals surface area contributed by atoms with Gasteiger partial charge in [-0.15, -0.1) is 0 Å². The van der Waals surface area contributed by atoms with Gasteiger partial charge in [-0.1, -0.05) is 25.7 Å². The van der Waals surface area contributed by atoms with Crippen LogP contribution in [-0.4, -0.2) is 28.5 Å². The first-order valence-electron chi connectivity index (χ1n) is 8.75. The van der Waals surface area contributed by atoms with Crippen LogP contribution in [0.5, 0.6) is 0 Å². The molecule has 0 bridgehead atoms. The minimum absolute atomic E-state index is 0.163. The first kappa shape index (κ1) is 15.6. The average Bonchev–Trinajstić information content (AvgIpc) is 3.25. The molecule has 0 spiro atoms. The van der Waals surface area contributed by atoms with Crippen molar-refractivity contribution in [2.24, 2.45) is 5.92 Å². The van der Waals surface area contributed by atoms with E-state index in [4.69, 9.17) is 4.42 Å². The molecule has 22 heavy (non-hydrogen) atoms. The molecule has 2 aliphatic rings. The summed E-state index contributed by atoms with van der Waals surface area (Å²) >= 11 is 0. The molecule has 1 N–H and O–H groups in total. The predicted octanol–water partition coefficient (Wildman–Crippen LogP) is 3.66. The fourth-order valence-corrected chi connectivity index (χ4v) is 4.03. The average molecular weight is 305 g/mol. The van der Waals surface area contributed by atoms with E-state index < -0.39 is 6.10 Å². The number of furan rings is 1. The third-order valence-electron chi connectivity index (χ3n) is 5.31. The maximum atomic E-state index is 12.5. The number of nitrogens with zero attached hydrogens (tertiary/aromatic N) is 1. The lowest BCUT2D eigenvalue weighted by Gasteiger charge is -2.26. The van der Waals surface area contributed by atoms with E-state index in [0.29, 0.717) is 18.6 Å². The smallest absolute Gasteiger partial charge is 0.222 e. The van der Waals surface area contributed by atoms with E-state index in [1.54, 1.807) is 18.4 Å². The molecule has 3 rings (SSSR count). The van der Waals surface area contributed by atoms with Gasteiger partial charge in [-0.3, -0.25) is 4.79 Å². The summed E-state index contributed by atoms with van der Waals surface area (Å²) in [5.74, 6) is 1.64. The van der Waals surface area contributed by atoms with Crippen LogP contribution in [0, 0.1) is 5.92 Å². The Kier molecular flexibility index (Phi) is 5.19. The fourth-order valence-electron chi connectivity index (χ4n) is 4.03. The first-order chi connectivity index (χ1) is 10.7. The second-order valence-corrected chi connectivity index (χ2v) is 6.84. The third-order valence-corrected chi connectivity index (χ3v) is 5.31. The van der Waals surface area contributed by atoms with Gasteiger partial charge in [-0.25, -0.2) is 0 Å². The predicted molar refractivity (Wildman–Crippen MR) is 84.2 cm³/mol. The van der Waals surface area contributed by atoms with Gasteiger partial charge in [-0.2, -0.15) is 0 Å². The highest BCUT2D eigenvalue weighted by atomic mass is 16.4. The topological polar surface area (TPSA) is 53.7 Å². The van der Waals surface area contributed by atoms with E-state index in [-0.39, 0.29) is 11.9 Å². The van der Waals surface area contributed by atoms with Crippen molar-refractivity contribution in [3.63, 3.8) is 0 Å². The zero-order valence-electron chi connectivity index (χ0n) is 13.2. The molecule has 1 aliphatic heterocycles. The molecule has 1 saturated carbocycles. The SMILES string of the molecule is O=C(CCC1CCCC1)N1CCCC1CC(O)c1ccco1. The summed E-state index contributed by atoms with van der Waals surface area (Å²) in [7, 11) is 0. The number of carbonyl (C=O) groups excluding carboxylic acids is 1. The Labute approximate surface area is 132 Å². The third kappa shape index (κ3) is 3.72. The minimum Gasteiger partial charge on any atom is -0.467 e. The van der Waals surface area contributed by atoms with Crippen LogP contribution in [0.3, 0.4) is 0 Å². The van der Waals surface area contributed by atoms with Crippen LogP contribution in [-0.2, 0) is 4.79 Å². The Balaban J connectivity index is 1.50. The van der Waals surface area contributed by atoms with Crippen LogP contribution in [0.25, 0.3) is 0 Å². The van der Waals surface area contributed by atoms with Gasteiger partial charge in [0.05, 0.1) is 6.26 Å². The number of hydrogen-bond acceptors (Lipinski definition) is 3. The minimum atomic E-state index is -0.608. The number of hydrogen-bond donors (Lipinski definition) is 1. The molecule has 4 heteroatoms. The molecule has 1 amide bonds. The van der Waals surface area contributed by atoms with E-state index in [0.717, 1.165) is 31.7 Å². The first-order valence-corrected chi connectivity index (χ1v) is 8.75. The second-order valence-electron chi connectivity index (χ2n) is 6.84. The van der Waals surface area contributed by atoms with Crippen molar-refractivity contribution in [1.29, 1.82) is 0 Å². The number of carbonyl (C=O) groups is 1. The Morgan fingerprint density at radius 1 is 1.32 bits per heavy atom. The van der Waals surface area contributed by atoms with Crippen molar-refractivity contribution in [3.05, 3.63) is 24.2 Å². The van der Waals surface area contributed by atoms with E-state index in [9.17, 15) is 9.90 Å². The fraction of sp³-hybridized carbons (Fsp3) is 0.722. The molecule has 2 unspecified atom stereocenters. The van der Waals surface area contributed by atoms with E-state index in [2.05, 4.69) is 0 Å². The number of aliphatic hydroxyl groups excluding tert-OH is 1. The van der Waals surface area contributed by atoms with E-state index in [1.807, 2.05) is 4.90 Å². The van der Waals surface area contributed by atoms with Crippen LogP contribution in [0.4, 0.5) is 0 Å². The van der Waals surface area contributed by atoms with Crippen molar-refractivity contribution < 1.29 is 14.3 Å². The van der Waals surface area contributed by atoms with Gasteiger partial charge < -0.3 is 14.4 Å². The van der Waals surface area contributed by atoms with Crippen molar-refractivity contribution in [2.45, 2.75) is 69.9 Å². The van der Waals surface area contributed by atoms with Gasteiger partial charge in [0.2, 0.25) is 5.91 Å². The quantitative estimate of drug-likeness (QED) is 0.872. The van der Waals surface area contributed by atoms with Gasteiger partial charge in [0, 0.05) is 25.4 Å². The molecule has 0 aromatic carbocycles. The molecule has 1 aliphatic carbocycles. The van der Waals surface area contributed by atoms with E-state index >= 15 is 0 Å². The van der Waals surface area contributed by atoms with Crippen molar-refractivity contribution in [2.75, 3.05) is 6.54 Å². The van der Waals surface area contributed by atoms with Crippen LogP contribution in [0.15, 0.2) is 22.8 Å². The van der Waals surface area contributed by atoms with Crippen LogP contribution >= 0.6 is 0 Å². The largest absolute Gasteiger partial charge is 0.467 e. The maximum absolute atomic E-state index is 12.5. The zero-order chi connectivity index (χ0) is 15.4. The molecule has 1 aromatic heterocycles. The lowest BCUT2D eigenvalue weighted by Crippen LogP contribution is -2.36. The van der Waals surface area contributed by atoms with Crippen LogP contribution < -0.4 is 0 Å². The molecule has 1 aromatic rings. The monoisotopic (exact) mass is 305 g/mol. The molecule has 1 saturated heterocycles.